The van der Waals surface area contributed by atoms with E-state index in [1.807, 2.05) is 6.07 Å². The zero-order valence-electron chi connectivity index (χ0n) is 14.3. The number of hydrogen-bond acceptors (Lipinski definition) is 4. The standard InChI is InChI=1S/C18H25ClN2O3/c1-12(2)10-21-14(3-4-18(21)22)5-6-20-9-13-7-16-17(8-15(13)19)24-11-23-16/h7-8,12,14,20H,3-6,9-11H2,1-2H3. The van der Waals surface area contributed by atoms with Gasteiger partial charge in [0.25, 0.3) is 0 Å². The Balaban J connectivity index is 1.48. The molecule has 0 radical (unpaired) electrons. The van der Waals surface area contributed by atoms with Gasteiger partial charge in [-0.15, -0.1) is 0 Å². The number of carbonyl (C=O) groups is 1. The monoisotopic (exact) mass is 352 g/mol. The van der Waals surface area contributed by atoms with Crippen molar-refractivity contribution >= 4 is 17.5 Å². The molecule has 1 aromatic rings. The molecule has 6 heteroatoms. The zero-order chi connectivity index (χ0) is 17.1. The van der Waals surface area contributed by atoms with Crippen molar-refractivity contribution in [2.24, 2.45) is 5.92 Å². The molecule has 2 heterocycles. The van der Waals surface area contributed by atoms with Crippen LogP contribution in [-0.2, 0) is 11.3 Å². The normalized spacial score (nSPS) is 19.6. The Labute approximate surface area is 148 Å². The van der Waals surface area contributed by atoms with Gasteiger partial charge in [0.2, 0.25) is 12.7 Å². The van der Waals surface area contributed by atoms with Crippen molar-refractivity contribution in [2.45, 2.75) is 45.7 Å². The maximum absolute atomic E-state index is 12.0. The summed E-state index contributed by atoms with van der Waals surface area (Å²) in [6.45, 7) is 6.96. The average Bonchev–Trinajstić information content (AvgIpc) is 3.11. The van der Waals surface area contributed by atoms with E-state index in [1.54, 1.807) is 6.07 Å². The van der Waals surface area contributed by atoms with Gasteiger partial charge in [0.15, 0.2) is 11.5 Å². The first-order chi connectivity index (χ1) is 11.5. The van der Waals surface area contributed by atoms with E-state index < -0.39 is 0 Å². The quantitative estimate of drug-likeness (QED) is 0.766. The highest BCUT2D eigenvalue weighted by molar-refractivity contribution is 6.31. The van der Waals surface area contributed by atoms with Crippen LogP contribution in [0.1, 0.15) is 38.7 Å². The maximum Gasteiger partial charge on any atom is 0.231 e. The molecule has 2 aliphatic rings. The van der Waals surface area contributed by atoms with Crippen LogP contribution >= 0.6 is 11.6 Å². The van der Waals surface area contributed by atoms with Crippen LogP contribution in [0.5, 0.6) is 11.5 Å². The van der Waals surface area contributed by atoms with E-state index >= 15 is 0 Å². The molecular weight excluding hydrogens is 328 g/mol. The molecule has 1 N–H and O–H groups in total. The number of nitrogens with zero attached hydrogens (tertiary/aromatic N) is 1. The molecular formula is C18H25ClN2O3. The molecule has 0 bridgehead atoms. The van der Waals surface area contributed by atoms with E-state index in [9.17, 15) is 4.79 Å². The van der Waals surface area contributed by atoms with Crippen LogP contribution in [0.4, 0.5) is 0 Å². The topological polar surface area (TPSA) is 50.8 Å². The van der Waals surface area contributed by atoms with Crippen LogP contribution in [0.15, 0.2) is 12.1 Å². The lowest BCUT2D eigenvalue weighted by Gasteiger charge is -2.26. The lowest BCUT2D eigenvalue weighted by molar-refractivity contribution is -0.129. The van der Waals surface area contributed by atoms with Crippen molar-refractivity contribution < 1.29 is 14.3 Å². The second kappa shape index (κ2) is 7.62. The smallest absolute Gasteiger partial charge is 0.231 e. The molecule has 0 aliphatic carbocycles. The van der Waals surface area contributed by atoms with Crippen molar-refractivity contribution in [3.63, 3.8) is 0 Å². The molecule has 132 valence electrons. The molecule has 1 unspecified atom stereocenters. The minimum absolute atomic E-state index is 0.254. The van der Waals surface area contributed by atoms with Crippen molar-refractivity contribution in [1.82, 2.24) is 10.2 Å². The van der Waals surface area contributed by atoms with Gasteiger partial charge in [0.05, 0.1) is 0 Å². The van der Waals surface area contributed by atoms with Gasteiger partial charge in [-0.3, -0.25) is 4.79 Å². The van der Waals surface area contributed by atoms with Crippen LogP contribution in [0.2, 0.25) is 5.02 Å². The van der Waals surface area contributed by atoms with E-state index in [0.29, 0.717) is 41.6 Å². The fourth-order valence-electron chi connectivity index (χ4n) is 3.32. The Bertz CT molecular complexity index is 606. The largest absolute Gasteiger partial charge is 0.454 e. The number of nitrogens with one attached hydrogen (secondary N) is 1. The van der Waals surface area contributed by atoms with E-state index in [0.717, 1.165) is 37.2 Å². The molecule has 0 aromatic heterocycles. The van der Waals surface area contributed by atoms with Crippen LogP contribution in [-0.4, -0.2) is 36.7 Å². The summed E-state index contributed by atoms with van der Waals surface area (Å²) < 4.78 is 10.7. The molecule has 1 fully saturated rings. The maximum atomic E-state index is 12.0. The van der Waals surface area contributed by atoms with Crippen molar-refractivity contribution in [3.8, 4) is 11.5 Å². The van der Waals surface area contributed by atoms with Crippen LogP contribution in [0.3, 0.4) is 0 Å². The third-order valence-electron chi connectivity index (χ3n) is 4.53. The third kappa shape index (κ3) is 3.95. The van der Waals surface area contributed by atoms with Crippen molar-refractivity contribution in [1.29, 1.82) is 0 Å². The van der Waals surface area contributed by atoms with Crippen molar-refractivity contribution in [3.05, 3.63) is 22.7 Å². The number of likely N-dealkylation sites (tertiary alicyclic amines) is 1. The Morgan fingerprint density at radius 2 is 2.08 bits per heavy atom. The lowest BCUT2D eigenvalue weighted by atomic mass is 10.1. The van der Waals surface area contributed by atoms with Gasteiger partial charge in [-0.1, -0.05) is 25.4 Å². The first kappa shape index (κ1) is 17.4. The number of halogens is 1. The van der Waals surface area contributed by atoms with Crippen LogP contribution in [0, 0.1) is 5.92 Å². The Morgan fingerprint density at radius 3 is 2.83 bits per heavy atom. The molecule has 3 rings (SSSR count). The van der Waals surface area contributed by atoms with E-state index in [1.165, 1.54) is 0 Å². The van der Waals surface area contributed by atoms with Gasteiger partial charge in [-0.2, -0.15) is 0 Å². The molecule has 5 nitrogen and oxygen atoms in total. The molecule has 2 aliphatic heterocycles. The molecule has 24 heavy (non-hydrogen) atoms. The molecule has 1 atom stereocenters. The summed E-state index contributed by atoms with van der Waals surface area (Å²) in [5.74, 6) is 2.26. The SMILES string of the molecule is CC(C)CN1C(=O)CCC1CCNCc1cc2c(cc1Cl)OCO2. The summed E-state index contributed by atoms with van der Waals surface area (Å²) in [6, 6.07) is 4.10. The number of rotatable bonds is 7. The van der Waals surface area contributed by atoms with Crippen molar-refractivity contribution in [2.75, 3.05) is 19.9 Å². The number of amides is 1. The number of hydrogen-bond donors (Lipinski definition) is 1. The molecule has 1 aromatic carbocycles. The summed E-state index contributed by atoms with van der Waals surface area (Å²) in [7, 11) is 0. The number of carbonyl (C=O) groups excluding carboxylic acids is 1. The highest BCUT2D eigenvalue weighted by Crippen LogP contribution is 2.36. The van der Waals surface area contributed by atoms with Crippen LogP contribution in [0.25, 0.3) is 0 Å². The summed E-state index contributed by atoms with van der Waals surface area (Å²) in [6.07, 6.45) is 2.63. The lowest BCUT2D eigenvalue weighted by Crippen LogP contribution is -2.37. The highest BCUT2D eigenvalue weighted by Gasteiger charge is 2.30. The molecule has 0 saturated carbocycles. The number of fused-ring (bicyclic) bond motifs is 1. The Hall–Kier alpha value is -1.46. The van der Waals surface area contributed by atoms with E-state index in [2.05, 4.69) is 24.1 Å². The van der Waals surface area contributed by atoms with Crippen LogP contribution < -0.4 is 14.8 Å². The minimum Gasteiger partial charge on any atom is -0.454 e. The molecule has 1 amide bonds. The number of benzene rings is 1. The van der Waals surface area contributed by atoms with Gasteiger partial charge >= 0.3 is 0 Å². The summed E-state index contributed by atoms with van der Waals surface area (Å²) >= 11 is 6.29. The molecule has 1 saturated heterocycles. The minimum atomic E-state index is 0.254. The average molecular weight is 353 g/mol. The first-order valence-corrected chi connectivity index (χ1v) is 9.00. The second-order valence-corrected chi connectivity index (χ2v) is 7.30. The van der Waals surface area contributed by atoms with E-state index in [4.69, 9.17) is 21.1 Å². The predicted octanol–water partition coefficient (Wildman–Crippen LogP) is 3.20. The van der Waals surface area contributed by atoms with Gasteiger partial charge in [-0.05, 0) is 36.9 Å². The summed E-state index contributed by atoms with van der Waals surface area (Å²) in [5.41, 5.74) is 1.00. The molecule has 0 spiro atoms. The first-order valence-electron chi connectivity index (χ1n) is 8.63. The number of ether oxygens (including phenoxy) is 2. The van der Waals surface area contributed by atoms with Gasteiger partial charge in [0, 0.05) is 36.6 Å². The van der Waals surface area contributed by atoms with E-state index in [-0.39, 0.29) is 6.79 Å². The van der Waals surface area contributed by atoms with Gasteiger partial charge in [0.1, 0.15) is 0 Å². The van der Waals surface area contributed by atoms with Gasteiger partial charge < -0.3 is 19.7 Å². The zero-order valence-corrected chi connectivity index (χ0v) is 15.1. The Kier molecular flexibility index (Phi) is 5.51. The second-order valence-electron chi connectivity index (χ2n) is 6.89. The predicted molar refractivity (Wildman–Crippen MR) is 93.5 cm³/mol. The highest BCUT2D eigenvalue weighted by atomic mass is 35.5. The van der Waals surface area contributed by atoms with Gasteiger partial charge in [-0.25, -0.2) is 0 Å². The summed E-state index contributed by atoms with van der Waals surface area (Å²) in [5, 5.41) is 4.11. The third-order valence-corrected chi connectivity index (χ3v) is 4.88. The fourth-order valence-corrected chi connectivity index (χ4v) is 3.54. The fraction of sp³-hybridized carbons (Fsp3) is 0.611. The Morgan fingerprint density at radius 1 is 1.33 bits per heavy atom. The summed E-state index contributed by atoms with van der Waals surface area (Å²) in [4.78, 5) is 14.0.